The van der Waals surface area contributed by atoms with Gasteiger partial charge in [-0.2, -0.15) is 4.37 Å². The highest BCUT2D eigenvalue weighted by atomic mass is 32.1. The van der Waals surface area contributed by atoms with E-state index in [1.54, 1.807) is 34.6 Å². The molecule has 0 atom stereocenters. The molecule has 0 bridgehead atoms. The van der Waals surface area contributed by atoms with Gasteiger partial charge in [0.1, 0.15) is 5.75 Å². The van der Waals surface area contributed by atoms with Gasteiger partial charge in [-0.05, 0) is 35.8 Å². The van der Waals surface area contributed by atoms with Gasteiger partial charge in [0, 0.05) is 16.5 Å². The van der Waals surface area contributed by atoms with Crippen LogP contribution in [0.2, 0.25) is 0 Å². The van der Waals surface area contributed by atoms with Crippen LogP contribution in [0, 0.1) is 0 Å². The van der Waals surface area contributed by atoms with E-state index in [2.05, 4.69) is 9.36 Å². The SMILES string of the molecule is COc1ccc(-c2csnc2-c2cc(OC)c(OC)c(OC)c2)nc1. The predicted molar refractivity (Wildman–Crippen MR) is 97.0 cm³/mol. The van der Waals surface area contributed by atoms with Crippen LogP contribution in [0.15, 0.2) is 35.8 Å². The molecule has 0 aliphatic carbocycles. The lowest BCUT2D eigenvalue weighted by atomic mass is 10.0. The molecular formula is C18H18N2O4S. The quantitative estimate of drug-likeness (QED) is 0.666. The molecular weight excluding hydrogens is 340 g/mol. The molecule has 3 aromatic rings. The summed E-state index contributed by atoms with van der Waals surface area (Å²) in [4.78, 5) is 4.45. The van der Waals surface area contributed by atoms with E-state index in [-0.39, 0.29) is 0 Å². The van der Waals surface area contributed by atoms with Crippen LogP contribution in [-0.4, -0.2) is 37.8 Å². The Morgan fingerprint density at radius 2 is 1.60 bits per heavy atom. The van der Waals surface area contributed by atoms with Gasteiger partial charge in [0.25, 0.3) is 0 Å². The minimum atomic E-state index is 0.549. The first-order chi connectivity index (χ1) is 12.2. The normalized spacial score (nSPS) is 10.4. The van der Waals surface area contributed by atoms with Crippen molar-refractivity contribution in [3.05, 3.63) is 35.8 Å². The highest BCUT2D eigenvalue weighted by molar-refractivity contribution is 7.04. The van der Waals surface area contributed by atoms with Crippen molar-refractivity contribution >= 4 is 11.5 Å². The zero-order valence-electron chi connectivity index (χ0n) is 14.4. The summed E-state index contributed by atoms with van der Waals surface area (Å²) in [5.41, 5.74) is 3.42. The fourth-order valence-corrected chi connectivity index (χ4v) is 3.20. The first-order valence-electron chi connectivity index (χ1n) is 7.47. The van der Waals surface area contributed by atoms with Gasteiger partial charge in [-0.15, -0.1) is 0 Å². The molecule has 25 heavy (non-hydrogen) atoms. The van der Waals surface area contributed by atoms with E-state index in [9.17, 15) is 0 Å². The van der Waals surface area contributed by atoms with Gasteiger partial charge >= 0.3 is 0 Å². The van der Waals surface area contributed by atoms with Gasteiger partial charge < -0.3 is 18.9 Å². The van der Waals surface area contributed by atoms with Gasteiger partial charge in [-0.25, -0.2) is 0 Å². The smallest absolute Gasteiger partial charge is 0.203 e. The van der Waals surface area contributed by atoms with Crippen molar-refractivity contribution in [2.24, 2.45) is 0 Å². The molecule has 0 fully saturated rings. The van der Waals surface area contributed by atoms with Crippen molar-refractivity contribution < 1.29 is 18.9 Å². The standard InChI is InChI=1S/C18H18N2O4S/c1-21-12-5-6-14(19-9-12)13-10-25-20-17(13)11-7-15(22-2)18(24-4)16(8-11)23-3/h5-10H,1-4H3. The maximum atomic E-state index is 5.43. The summed E-state index contributed by atoms with van der Waals surface area (Å²) in [7, 11) is 6.38. The Morgan fingerprint density at radius 1 is 0.880 bits per heavy atom. The molecule has 3 rings (SSSR count). The van der Waals surface area contributed by atoms with E-state index in [0.29, 0.717) is 23.0 Å². The van der Waals surface area contributed by atoms with E-state index in [4.69, 9.17) is 18.9 Å². The molecule has 7 heteroatoms. The highest BCUT2D eigenvalue weighted by Crippen LogP contribution is 2.43. The van der Waals surface area contributed by atoms with Gasteiger partial charge in [-0.1, -0.05) is 0 Å². The van der Waals surface area contributed by atoms with Crippen molar-refractivity contribution in [1.82, 2.24) is 9.36 Å². The van der Waals surface area contributed by atoms with Crippen LogP contribution < -0.4 is 18.9 Å². The highest BCUT2D eigenvalue weighted by Gasteiger charge is 2.18. The molecule has 0 aliphatic heterocycles. The lowest BCUT2D eigenvalue weighted by molar-refractivity contribution is 0.324. The number of rotatable bonds is 6. The average Bonchev–Trinajstić information content (AvgIpc) is 3.16. The minimum absolute atomic E-state index is 0.549. The van der Waals surface area contributed by atoms with Crippen LogP contribution in [0.3, 0.4) is 0 Å². The Morgan fingerprint density at radius 3 is 2.12 bits per heavy atom. The zero-order chi connectivity index (χ0) is 17.8. The molecule has 2 aromatic heterocycles. The summed E-state index contributed by atoms with van der Waals surface area (Å²) in [6.07, 6.45) is 1.69. The molecule has 1 aromatic carbocycles. The van der Waals surface area contributed by atoms with E-state index < -0.39 is 0 Å². The summed E-state index contributed by atoms with van der Waals surface area (Å²) < 4.78 is 25.9. The van der Waals surface area contributed by atoms with Crippen molar-refractivity contribution in [2.75, 3.05) is 28.4 Å². The number of pyridine rings is 1. The average molecular weight is 358 g/mol. The van der Waals surface area contributed by atoms with E-state index in [1.165, 1.54) is 11.5 Å². The molecule has 0 saturated heterocycles. The van der Waals surface area contributed by atoms with Crippen LogP contribution in [0.5, 0.6) is 23.0 Å². The van der Waals surface area contributed by atoms with Crippen LogP contribution >= 0.6 is 11.5 Å². The molecule has 0 spiro atoms. The van der Waals surface area contributed by atoms with Crippen LogP contribution in [0.4, 0.5) is 0 Å². The van der Waals surface area contributed by atoms with E-state index in [0.717, 1.165) is 22.5 Å². The second-order valence-electron chi connectivity index (χ2n) is 5.07. The van der Waals surface area contributed by atoms with Gasteiger partial charge in [0.15, 0.2) is 11.5 Å². The zero-order valence-corrected chi connectivity index (χ0v) is 15.2. The minimum Gasteiger partial charge on any atom is -0.495 e. The molecule has 0 amide bonds. The monoisotopic (exact) mass is 358 g/mol. The van der Waals surface area contributed by atoms with Crippen LogP contribution in [0.25, 0.3) is 22.5 Å². The fraction of sp³-hybridized carbons (Fsp3) is 0.222. The molecule has 2 heterocycles. The Bertz CT molecular complexity index is 837. The van der Waals surface area contributed by atoms with Gasteiger partial charge in [0.05, 0.1) is 46.0 Å². The third-order valence-corrected chi connectivity index (χ3v) is 4.38. The summed E-state index contributed by atoms with van der Waals surface area (Å²) in [6.45, 7) is 0. The van der Waals surface area contributed by atoms with Crippen molar-refractivity contribution in [3.8, 4) is 45.5 Å². The topological polar surface area (TPSA) is 62.7 Å². The first kappa shape index (κ1) is 17.0. The van der Waals surface area contributed by atoms with Gasteiger partial charge in [-0.3, -0.25) is 4.98 Å². The van der Waals surface area contributed by atoms with Crippen molar-refractivity contribution in [2.45, 2.75) is 0 Å². The summed E-state index contributed by atoms with van der Waals surface area (Å²) in [5, 5.41) is 1.97. The largest absolute Gasteiger partial charge is 0.495 e. The fourth-order valence-electron chi connectivity index (χ4n) is 2.50. The second-order valence-corrected chi connectivity index (χ2v) is 5.70. The molecule has 0 unspecified atom stereocenters. The number of methoxy groups -OCH3 is 4. The first-order valence-corrected chi connectivity index (χ1v) is 8.30. The Balaban J connectivity index is 2.10. The van der Waals surface area contributed by atoms with Gasteiger partial charge in [0.2, 0.25) is 5.75 Å². The van der Waals surface area contributed by atoms with Crippen LogP contribution in [0.1, 0.15) is 0 Å². The Kier molecular flexibility index (Phi) is 5.04. The number of ether oxygens (including phenoxy) is 4. The number of nitrogens with zero attached hydrogens (tertiary/aromatic N) is 2. The van der Waals surface area contributed by atoms with E-state index >= 15 is 0 Å². The second kappa shape index (κ2) is 7.40. The molecule has 0 radical (unpaired) electrons. The van der Waals surface area contributed by atoms with Crippen molar-refractivity contribution in [1.29, 1.82) is 0 Å². The molecule has 0 saturated carbocycles. The number of aromatic nitrogens is 2. The maximum absolute atomic E-state index is 5.43. The molecule has 0 N–H and O–H groups in total. The maximum Gasteiger partial charge on any atom is 0.203 e. The number of hydrogen-bond donors (Lipinski definition) is 0. The molecule has 0 aliphatic rings. The third-order valence-electron chi connectivity index (χ3n) is 3.76. The number of benzene rings is 1. The Hall–Kier alpha value is -2.80. The lowest BCUT2D eigenvalue weighted by Gasteiger charge is -2.14. The predicted octanol–water partition coefficient (Wildman–Crippen LogP) is 3.91. The van der Waals surface area contributed by atoms with E-state index in [1.807, 2.05) is 29.6 Å². The van der Waals surface area contributed by atoms with Crippen LogP contribution in [-0.2, 0) is 0 Å². The summed E-state index contributed by atoms with van der Waals surface area (Å²) in [5.74, 6) is 2.42. The van der Waals surface area contributed by atoms with Crippen molar-refractivity contribution in [3.63, 3.8) is 0 Å². The number of hydrogen-bond acceptors (Lipinski definition) is 7. The Labute approximate surface area is 150 Å². The lowest BCUT2D eigenvalue weighted by Crippen LogP contribution is -1.96. The summed E-state index contributed by atoms with van der Waals surface area (Å²) >= 11 is 1.37. The molecule has 6 nitrogen and oxygen atoms in total. The summed E-state index contributed by atoms with van der Waals surface area (Å²) in [6, 6.07) is 7.54. The molecule has 130 valence electrons. The third kappa shape index (κ3) is 3.23.